The van der Waals surface area contributed by atoms with E-state index in [9.17, 15) is 22.8 Å². The van der Waals surface area contributed by atoms with Gasteiger partial charge >= 0.3 is 6.18 Å². The van der Waals surface area contributed by atoms with Crippen LogP contribution in [0.5, 0.6) is 5.75 Å². The summed E-state index contributed by atoms with van der Waals surface area (Å²) in [5, 5.41) is 22.5. The van der Waals surface area contributed by atoms with E-state index in [0.29, 0.717) is 150 Å². The monoisotopic (exact) mass is 1040 g/mol. The van der Waals surface area contributed by atoms with Gasteiger partial charge in [0.25, 0.3) is 5.91 Å². The number of halogens is 3. The van der Waals surface area contributed by atoms with E-state index in [0.717, 1.165) is 24.7 Å². The first-order valence-electron chi connectivity index (χ1n) is 24.6. The molecule has 0 saturated carbocycles. The van der Waals surface area contributed by atoms with Gasteiger partial charge in [0.15, 0.2) is 17.8 Å². The van der Waals surface area contributed by atoms with E-state index in [4.69, 9.17) is 33.2 Å². The van der Waals surface area contributed by atoms with Crippen LogP contribution in [0.4, 0.5) is 13.2 Å². The number of alkyl halides is 3. The maximum atomic E-state index is 14.2. The van der Waals surface area contributed by atoms with Crippen LogP contribution in [0.15, 0.2) is 85.5 Å². The fraction of sp³-hybridized carbons (Fsp3) is 0.434. The van der Waals surface area contributed by atoms with E-state index >= 15 is 0 Å². The predicted octanol–water partition coefficient (Wildman–Crippen LogP) is 4.78. The Bertz CT molecular complexity index is 2820. The molecule has 1 N–H and O–H groups in total. The van der Waals surface area contributed by atoms with Crippen molar-refractivity contribution in [2.75, 3.05) is 126 Å². The zero-order valence-corrected chi connectivity index (χ0v) is 42.1. The molecule has 3 aromatic heterocycles. The molecule has 19 nitrogen and oxygen atoms in total. The Labute approximate surface area is 433 Å². The number of hydrogen-bond acceptors (Lipinski definition) is 17. The number of aryl methyl sites for hydroxylation is 1. The number of nitrogens with zero attached hydrogens (tertiary/aromatic N) is 9. The van der Waals surface area contributed by atoms with Gasteiger partial charge < -0.3 is 43.4 Å². The number of carbonyl (C=O) groups excluding carboxylic acids is 2. The second-order valence-corrected chi connectivity index (χ2v) is 17.3. The number of ketones is 1. The van der Waals surface area contributed by atoms with E-state index in [1.807, 2.05) is 18.9 Å². The molecule has 1 fully saturated rings. The van der Waals surface area contributed by atoms with E-state index in [1.165, 1.54) is 12.4 Å². The number of piperazine rings is 1. The molecule has 0 radical (unpaired) electrons. The van der Waals surface area contributed by atoms with Gasteiger partial charge in [-0.15, -0.1) is 20.4 Å². The molecule has 1 aliphatic heterocycles. The molecular weight excluding hydrogens is 978 g/mol. The van der Waals surface area contributed by atoms with Crippen molar-refractivity contribution in [3.8, 4) is 29.0 Å². The van der Waals surface area contributed by atoms with Gasteiger partial charge in [0.05, 0.1) is 97.2 Å². The van der Waals surface area contributed by atoms with E-state index < -0.39 is 11.7 Å². The Hall–Kier alpha value is -6.81. The summed E-state index contributed by atoms with van der Waals surface area (Å²) in [5.41, 5.74) is 3.75. The number of Topliss-reactive ketones (excluding diaryl/α,β-unsaturated/α-hetero) is 1. The van der Waals surface area contributed by atoms with Crippen LogP contribution in [0, 0.1) is 18.8 Å². The second-order valence-electron chi connectivity index (χ2n) is 17.3. The van der Waals surface area contributed by atoms with Crippen molar-refractivity contribution in [1.82, 2.24) is 50.1 Å². The minimum absolute atomic E-state index is 0.180. The quantitative estimate of drug-likeness (QED) is 0.0382. The second kappa shape index (κ2) is 29.3. The highest BCUT2D eigenvalue weighted by molar-refractivity contribution is 5.98. The van der Waals surface area contributed by atoms with Gasteiger partial charge in [0.1, 0.15) is 18.1 Å². The first-order valence-corrected chi connectivity index (χ1v) is 24.6. The molecule has 6 aromatic rings. The number of hydrogen-bond donors (Lipinski definition) is 1. The first kappa shape index (κ1) is 55.9. The van der Waals surface area contributed by atoms with E-state index in [-0.39, 0.29) is 36.8 Å². The van der Waals surface area contributed by atoms with Crippen molar-refractivity contribution >= 4 is 17.3 Å². The summed E-state index contributed by atoms with van der Waals surface area (Å²) in [6, 6.07) is 18.0. The SMILES string of the molecule is Cc1ccc(C(=O)Cc2ccc(CN3CCN(C)CC3)c(C(F)(F)F)c2)cc1C#Cc1cnc2cc(OCCOCCOCCOCCOCCOCCOCCNC(=O)c3cccc(-c4nncnn4)c3)cnn12. The normalized spacial score (nSPS) is 13.2. The summed E-state index contributed by atoms with van der Waals surface area (Å²) in [6.45, 7) is 10.5. The molecule has 1 saturated heterocycles. The predicted molar refractivity (Wildman–Crippen MR) is 268 cm³/mol. The number of nitrogens with one attached hydrogen (secondary N) is 1. The molecule has 22 heteroatoms. The van der Waals surface area contributed by atoms with E-state index in [1.54, 1.807) is 71.5 Å². The summed E-state index contributed by atoms with van der Waals surface area (Å²) in [6.07, 6.45) is -0.333. The fourth-order valence-corrected chi connectivity index (χ4v) is 7.63. The van der Waals surface area contributed by atoms with Crippen LogP contribution in [-0.4, -0.2) is 182 Å². The Kier molecular flexibility index (Phi) is 21.9. The standard InChI is InChI=1S/C53H61F3N10O9/c1-39-6-8-42(49(67)31-40-7-9-45(48(30-40)53(54,55)56)37-65-15-13-64(2)14-16-65)32-41(39)10-11-46-35-58-50-34-47(36-61-66(46)50)75-29-28-74-27-26-73-25-24-72-23-22-71-21-20-70-19-18-69-17-12-57-52(68)44-5-3-4-43(33-44)51-62-59-38-60-63-51/h3-9,30,32-36,38H,12-29,31,37H2,1-2H3,(H,57,68). The molecule has 0 atom stereocenters. The van der Waals surface area contributed by atoms with E-state index in [2.05, 4.69) is 52.5 Å². The number of fused-ring (bicyclic) bond motifs is 1. The Morgan fingerprint density at radius 1 is 0.707 bits per heavy atom. The van der Waals surface area contributed by atoms with Gasteiger partial charge in [-0.05, 0) is 60.8 Å². The fourth-order valence-electron chi connectivity index (χ4n) is 7.63. The highest BCUT2D eigenvalue weighted by Gasteiger charge is 2.34. The topological polar surface area (TPSA) is 199 Å². The molecule has 4 heterocycles. The Balaban J connectivity index is 0.695. The highest BCUT2D eigenvalue weighted by atomic mass is 19.4. The lowest BCUT2D eigenvalue weighted by Crippen LogP contribution is -2.44. The summed E-state index contributed by atoms with van der Waals surface area (Å²) in [4.78, 5) is 34.5. The largest absolute Gasteiger partial charge is 0.489 e. The zero-order valence-electron chi connectivity index (χ0n) is 42.1. The molecular formula is C53H61F3N10O9. The lowest BCUT2D eigenvalue weighted by Gasteiger charge is -2.33. The molecule has 1 amide bonds. The molecule has 75 heavy (non-hydrogen) atoms. The van der Waals surface area contributed by atoms with Crippen molar-refractivity contribution in [3.63, 3.8) is 0 Å². The third-order valence-corrected chi connectivity index (χ3v) is 11.7. The van der Waals surface area contributed by atoms with Crippen molar-refractivity contribution in [1.29, 1.82) is 0 Å². The molecule has 398 valence electrons. The van der Waals surface area contributed by atoms with Crippen LogP contribution < -0.4 is 10.1 Å². The number of benzene rings is 3. The van der Waals surface area contributed by atoms with Gasteiger partial charge in [-0.1, -0.05) is 42.3 Å². The third-order valence-electron chi connectivity index (χ3n) is 11.7. The molecule has 1 aliphatic rings. The third kappa shape index (κ3) is 18.2. The lowest BCUT2D eigenvalue weighted by atomic mass is 9.96. The van der Waals surface area contributed by atoms with Crippen LogP contribution in [0.3, 0.4) is 0 Å². The average Bonchev–Trinajstić information content (AvgIpc) is 3.82. The van der Waals surface area contributed by atoms with Crippen LogP contribution in [-0.2, 0) is 47.6 Å². The first-order chi connectivity index (χ1) is 36.5. The summed E-state index contributed by atoms with van der Waals surface area (Å²) in [5.74, 6) is 6.50. The molecule has 0 spiro atoms. The van der Waals surface area contributed by atoms with Crippen LogP contribution >= 0.6 is 0 Å². The van der Waals surface area contributed by atoms with Crippen molar-refractivity contribution in [2.24, 2.45) is 0 Å². The maximum absolute atomic E-state index is 14.2. The van der Waals surface area contributed by atoms with Gasteiger partial charge in [0.2, 0.25) is 5.82 Å². The number of rotatable bonds is 29. The molecule has 3 aromatic carbocycles. The van der Waals surface area contributed by atoms with Crippen LogP contribution in [0.1, 0.15) is 54.2 Å². The lowest BCUT2D eigenvalue weighted by molar-refractivity contribution is -0.138. The number of carbonyl (C=O) groups is 2. The van der Waals surface area contributed by atoms with Crippen molar-refractivity contribution < 1.29 is 55.9 Å². The molecule has 7 rings (SSSR count). The Morgan fingerprint density at radius 3 is 2.03 bits per heavy atom. The zero-order chi connectivity index (χ0) is 52.7. The van der Waals surface area contributed by atoms with Crippen molar-refractivity contribution in [2.45, 2.75) is 26.1 Å². The minimum atomic E-state index is -4.54. The number of amides is 1. The molecule has 0 aliphatic carbocycles. The Morgan fingerprint density at radius 2 is 1.36 bits per heavy atom. The minimum Gasteiger partial charge on any atom is -0.489 e. The number of aromatic nitrogens is 7. The summed E-state index contributed by atoms with van der Waals surface area (Å²) >= 11 is 0. The summed E-state index contributed by atoms with van der Waals surface area (Å²) in [7, 11) is 2.00. The smallest absolute Gasteiger partial charge is 0.416 e. The van der Waals surface area contributed by atoms with Gasteiger partial charge in [-0.2, -0.15) is 18.3 Å². The van der Waals surface area contributed by atoms with Gasteiger partial charge in [-0.25, -0.2) is 9.50 Å². The van der Waals surface area contributed by atoms with Crippen LogP contribution in [0.2, 0.25) is 0 Å². The molecule has 0 unspecified atom stereocenters. The maximum Gasteiger partial charge on any atom is 0.416 e. The molecule has 0 bridgehead atoms. The highest BCUT2D eigenvalue weighted by Crippen LogP contribution is 2.34. The van der Waals surface area contributed by atoms with Crippen LogP contribution in [0.25, 0.3) is 17.0 Å². The number of ether oxygens (including phenoxy) is 7. The van der Waals surface area contributed by atoms with Gasteiger partial charge in [0, 0.05) is 74.0 Å². The number of likely N-dealkylation sites (N-methyl/N-ethyl adjacent to an activating group) is 1. The number of imidazole rings is 1. The average molecular weight is 1040 g/mol. The van der Waals surface area contributed by atoms with Gasteiger partial charge in [-0.3, -0.25) is 14.5 Å². The van der Waals surface area contributed by atoms with Crippen molar-refractivity contribution in [3.05, 3.63) is 130 Å². The summed E-state index contributed by atoms with van der Waals surface area (Å²) < 4.78 is 83.2.